The van der Waals surface area contributed by atoms with E-state index in [4.69, 9.17) is 11.6 Å². The molecule has 0 amide bonds. The number of nitrogens with one attached hydrogen (secondary N) is 2. The quantitative estimate of drug-likeness (QED) is 0.608. The highest BCUT2D eigenvalue weighted by molar-refractivity contribution is 6.35. The maximum atomic E-state index is 11.6. The summed E-state index contributed by atoms with van der Waals surface area (Å²) in [5.74, 6) is 0. The first-order valence-corrected chi connectivity index (χ1v) is 4.79. The molecule has 2 aromatic heterocycles. The van der Waals surface area contributed by atoms with Crippen LogP contribution in [-0.4, -0.2) is 15.0 Å². The van der Waals surface area contributed by atoms with Crippen molar-refractivity contribution in [2.45, 2.75) is 0 Å². The molecule has 0 aliphatic heterocycles. The van der Waals surface area contributed by atoms with Gasteiger partial charge in [0.2, 0.25) is 0 Å². The summed E-state index contributed by atoms with van der Waals surface area (Å²) in [6.07, 6.45) is 1.50. The van der Waals surface area contributed by atoms with Gasteiger partial charge in [-0.2, -0.15) is 0 Å². The Labute approximate surface area is 88.9 Å². The van der Waals surface area contributed by atoms with E-state index in [1.165, 1.54) is 6.33 Å². The molecule has 74 valence electrons. The number of halogens is 1. The van der Waals surface area contributed by atoms with Gasteiger partial charge in [0, 0.05) is 5.39 Å². The molecule has 0 radical (unpaired) electrons. The Morgan fingerprint density at radius 1 is 1.27 bits per heavy atom. The van der Waals surface area contributed by atoms with Gasteiger partial charge in [0.1, 0.15) is 11.0 Å². The first-order valence-electron chi connectivity index (χ1n) is 4.41. The molecule has 0 aliphatic carbocycles. The topological polar surface area (TPSA) is 61.5 Å². The average Bonchev–Trinajstić information content (AvgIpc) is 2.69. The summed E-state index contributed by atoms with van der Waals surface area (Å²) in [5, 5.41) is 1.37. The second kappa shape index (κ2) is 2.84. The van der Waals surface area contributed by atoms with E-state index in [-0.39, 0.29) is 5.56 Å². The van der Waals surface area contributed by atoms with E-state index in [0.29, 0.717) is 21.6 Å². The zero-order valence-electron chi connectivity index (χ0n) is 7.54. The number of para-hydroxylation sites is 1. The van der Waals surface area contributed by atoms with E-state index in [9.17, 15) is 4.79 Å². The van der Waals surface area contributed by atoms with Gasteiger partial charge >= 0.3 is 0 Å². The summed E-state index contributed by atoms with van der Waals surface area (Å²) in [7, 11) is 0. The second-order valence-corrected chi connectivity index (χ2v) is 3.65. The lowest BCUT2D eigenvalue weighted by atomic mass is 10.2. The summed E-state index contributed by atoms with van der Waals surface area (Å²) in [6.45, 7) is 0. The predicted octanol–water partition coefficient (Wildman–Crippen LogP) is 2.06. The average molecular weight is 220 g/mol. The zero-order chi connectivity index (χ0) is 10.4. The summed E-state index contributed by atoms with van der Waals surface area (Å²) in [4.78, 5) is 21.3. The Bertz CT molecular complexity index is 713. The highest BCUT2D eigenvalue weighted by Crippen LogP contribution is 2.24. The number of H-pyrrole nitrogens is 2. The van der Waals surface area contributed by atoms with Crippen LogP contribution >= 0.6 is 11.6 Å². The molecule has 0 spiro atoms. The maximum absolute atomic E-state index is 11.6. The molecule has 0 fully saturated rings. The fraction of sp³-hybridized carbons (Fsp3) is 0. The number of aromatic amines is 2. The van der Waals surface area contributed by atoms with Crippen molar-refractivity contribution in [3.05, 3.63) is 39.9 Å². The maximum Gasteiger partial charge on any atom is 0.274 e. The van der Waals surface area contributed by atoms with Crippen molar-refractivity contribution >= 4 is 33.5 Å². The number of benzene rings is 1. The van der Waals surface area contributed by atoms with E-state index in [1.54, 1.807) is 6.07 Å². The van der Waals surface area contributed by atoms with Crippen molar-refractivity contribution in [3.8, 4) is 0 Å². The Hall–Kier alpha value is -1.81. The third-order valence-corrected chi connectivity index (χ3v) is 2.69. The number of pyridine rings is 1. The molecule has 3 rings (SSSR count). The molecule has 2 heterocycles. The van der Waals surface area contributed by atoms with Crippen molar-refractivity contribution in [1.29, 1.82) is 0 Å². The standard InChI is InChI=1S/C10H6ClN3O/c11-6-3-1-2-5-7(6)14-10(15)9-8(5)12-4-13-9/h1-4H,(H,12,13)(H,14,15). The van der Waals surface area contributed by atoms with Crippen molar-refractivity contribution in [3.63, 3.8) is 0 Å². The van der Waals surface area contributed by atoms with E-state index >= 15 is 0 Å². The Morgan fingerprint density at radius 2 is 2.13 bits per heavy atom. The Morgan fingerprint density at radius 3 is 3.00 bits per heavy atom. The van der Waals surface area contributed by atoms with Crippen LogP contribution in [0.3, 0.4) is 0 Å². The summed E-state index contributed by atoms with van der Waals surface area (Å²) >= 11 is 5.99. The van der Waals surface area contributed by atoms with E-state index in [0.717, 1.165) is 5.39 Å². The van der Waals surface area contributed by atoms with Crippen LogP contribution in [0.15, 0.2) is 29.3 Å². The van der Waals surface area contributed by atoms with Crippen LogP contribution in [0.1, 0.15) is 0 Å². The molecular weight excluding hydrogens is 214 g/mol. The lowest BCUT2D eigenvalue weighted by Gasteiger charge is -1.99. The first-order chi connectivity index (χ1) is 7.27. The number of nitrogens with zero attached hydrogens (tertiary/aromatic N) is 1. The molecule has 1 aromatic carbocycles. The van der Waals surface area contributed by atoms with Crippen molar-refractivity contribution < 1.29 is 0 Å². The fourth-order valence-corrected chi connectivity index (χ4v) is 1.92. The van der Waals surface area contributed by atoms with Crippen LogP contribution in [0.2, 0.25) is 5.02 Å². The number of imidazole rings is 1. The van der Waals surface area contributed by atoms with Crippen LogP contribution in [-0.2, 0) is 0 Å². The van der Waals surface area contributed by atoms with E-state index in [1.807, 2.05) is 12.1 Å². The number of aromatic nitrogens is 3. The molecule has 4 nitrogen and oxygen atoms in total. The van der Waals surface area contributed by atoms with Gasteiger partial charge in [0.25, 0.3) is 5.56 Å². The number of rotatable bonds is 0. The molecule has 0 atom stereocenters. The molecule has 5 heteroatoms. The predicted molar refractivity (Wildman–Crippen MR) is 59.2 cm³/mol. The largest absolute Gasteiger partial charge is 0.340 e. The number of hydrogen-bond acceptors (Lipinski definition) is 2. The normalized spacial score (nSPS) is 11.3. The highest BCUT2D eigenvalue weighted by atomic mass is 35.5. The van der Waals surface area contributed by atoms with E-state index in [2.05, 4.69) is 15.0 Å². The molecule has 3 aromatic rings. The van der Waals surface area contributed by atoms with Crippen LogP contribution < -0.4 is 5.56 Å². The first kappa shape index (κ1) is 8.49. The van der Waals surface area contributed by atoms with Crippen LogP contribution in [0.5, 0.6) is 0 Å². The lowest BCUT2D eigenvalue weighted by molar-refractivity contribution is 1.30. The molecule has 0 aliphatic rings. The summed E-state index contributed by atoms with van der Waals surface area (Å²) in [6, 6.07) is 5.44. The van der Waals surface area contributed by atoms with Crippen molar-refractivity contribution in [2.24, 2.45) is 0 Å². The van der Waals surface area contributed by atoms with Crippen LogP contribution in [0.4, 0.5) is 0 Å². The monoisotopic (exact) mass is 219 g/mol. The van der Waals surface area contributed by atoms with Gasteiger partial charge in [-0.1, -0.05) is 23.7 Å². The van der Waals surface area contributed by atoms with Gasteiger partial charge < -0.3 is 9.97 Å². The zero-order valence-corrected chi connectivity index (χ0v) is 8.30. The van der Waals surface area contributed by atoms with E-state index < -0.39 is 0 Å². The summed E-state index contributed by atoms with van der Waals surface area (Å²) in [5.41, 5.74) is 1.55. The number of fused-ring (bicyclic) bond motifs is 3. The molecule has 0 bridgehead atoms. The minimum Gasteiger partial charge on any atom is -0.340 e. The molecule has 0 unspecified atom stereocenters. The third-order valence-electron chi connectivity index (χ3n) is 2.37. The van der Waals surface area contributed by atoms with Gasteiger partial charge in [0.15, 0.2) is 0 Å². The SMILES string of the molecule is O=c1[nH]c2c(Cl)cccc2c2nc[nH]c12. The summed E-state index contributed by atoms with van der Waals surface area (Å²) < 4.78 is 0. The minimum absolute atomic E-state index is 0.205. The molecule has 0 saturated heterocycles. The van der Waals surface area contributed by atoms with Gasteiger partial charge in [0.05, 0.1) is 16.9 Å². The molecule has 15 heavy (non-hydrogen) atoms. The minimum atomic E-state index is -0.205. The second-order valence-electron chi connectivity index (χ2n) is 3.24. The Balaban J connectivity index is 2.72. The van der Waals surface area contributed by atoms with Gasteiger partial charge in [-0.25, -0.2) is 4.98 Å². The van der Waals surface area contributed by atoms with Gasteiger partial charge in [-0.15, -0.1) is 0 Å². The fourth-order valence-electron chi connectivity index (χ4n) is 1.70. The van der Waals surface area contributed by atoms with Crippen LogP contribution in [0, 0.1) is 0 Å². The highest BCUT2D eigenvalue weighted by Gasteiger charge is 2.08. The smallest absolute Gasteiger partial charge is 0.274 e. The molecule has 2 N–H and O–H groups in total. The molecular formula is C10H6ClN3O. The third kappa shape index (κ3) is 1.08. The molecule has 0 saturated carbocycles. The number of hydrogen-bond donors (Lipinski definition) is 2. The van der Waals surface area contributed by atoms with Crippen molar-refractivity contribution in [2.75, 3.05) is 0 Å². The van der Waals surface area contributed by atoms with Gasteiger partial charge in [-0.3, -0.25) is 4.79 Å². The lowest BCUT2D eigenvalue weighted by Crippen LogP contribution is -2.06. The van der Waals surface area contributed by atoms with Crippen LogP contribution in [0.25, 0.3) is 21.9 Å². The van der Waals surface area contributed by atoms with Crippen molar-refractivity contribution in [1.82, 2.24) is 15.0 Å². The van der Waals surface area contributed by atoms with Gasteiger partial charge in [-0.05, 0) is 6.07 Å². The Kier molecular flexibility index (Phi) is 1.61.